The highest BCUT2D eigenvalue weighted by Gasteiger charge is 2.20. The summed E-state index contributed by atoms with van der Waals surface area (Å²) < 4.78 is 5.44. The van der Waals surface area contributed by atoms with Crippen LogP contribution in [0.1, 0.15) is 5.56 Å². The van der Waals surface area contributed by atoms with Crippen molar-refractivity contribution in [3.8, 4) is 11.5 Å². The summed E-state index contributed by atoms with van der Waals surface area (Å²) in [5.74, 6) is 0.511. The van der Waals surface area contributed by atoms with E-state index in [0.29, 0.717) is 5.75 Å². The highest BCUT2D eigenvalue weighted by molar-refractivity contribution is 6.32. The molecule has 5 nitrogen and oxygen atoms in total. The Balaban J connectivity index is 2.32. The number of ether oxygens (including phenoxy) is 1. The van der Waals surface area contributed by atoms with E-state index in [0.717, 1.165) is 5.56 Å². The molecule has 0 aliphatic rings. The lowest BCUT2D eigenvalue weighted by atomic mass is 10.2. The van der Waals surface area contributed by atoms with Crippen molar-refractivity contribution >= 4 is 17.3 Å². The Bertz CT molecular complexity index is 598. The minimum Gasteiger partial charge on any atom is -0.450 e. The number of benzene rings is 2. The molecule has 0 saturated heterocycles. The van der Waals surface area contributed by atoms with Gasteiger partial charge in [-0.05, 0) is 29.8 Å². The molecular weight excluding hydrogens is 270 g/mol. The van der Waals surface area contributed by atoms with Gasteiger partial charge in [0.25, 0.3) is 0 Å². The highest BCUT2D eigenvalue weighted by atomic mass is 35.5. The number of nitro groups is 1. The second kappa shape index (κ2) is 5.69. The smallest absolute Gasteiger partial charge is 0.329 e. The monoisotopic (exact) mass is 279 g/mol. The van der Waals surface area contributed by atoms with Gasteiger partial charge in [-0.3, -0.25) is 10.1 Å². The third-order valence-corrected chi connectivity index (χ3v) is 2.77. The van der Waals surface area contributed by atoms with Crippen molar-refractivity contribution in [3.05, 3.63) is 63.2 Å². The molecule has 0 aliphatic carbocycles. The summed E-state index contributed by atoms with van der Waals surface area (Å²) in [4.78, 5) is 10.4. The minimum absolute atomic E-state index is 0.0227. The van der Waals surface area contributed by atoms with Crippen LogP contribution in [-0.4, -0.2) is 10.0 Å². The summed E-state index contributed by atoms with van der Waals surface area (Å²) >= 11 is 5.78. The maximum absolute atomic E-state index is 10.9. The number of aliphatic hydroxyl groups excluding tert-OH is 1. The molecule has 0 radical (unpaired) electrons. The molecular formula is C13H10ClNO4. The fourth-order valence-electron chi connectivity index (χ4n) is 1.54. The molecule has 2 rings (SSSR count). The number of nitrogens with zero attached hydrogens (tertiary/aromatic N) is 1. The zero-order valence-corrected chi connectivity index (χ0v) is 10.5. The second-order valence-electron chi connectivity index (χ2n) is 3.75. The molecule has 0 spiro atoms. The van der Waals surface area contributed by atoms with Crippen molar-refractivity contribution in [2.24, 2.45) is 0 Å². The highest BCUT2D eigenvalue weighted by Crippen LogP contribution is 2.36. The van der Waals surface area contributed by atoms with Crippen LogP contribution in [0.25, 0.3) is 0 Å². The second-order valence-corrected chi connectivity index (χ2v) is 4.16. The van der Waals surface area contributed by atoms with Crippen LogP contribution >= 0.6 is 11.6 Å². The van der Waals surface area contributed by atoms with Crippen LogP contribution in [0.3, 0.4) is 0 Å². The van der Waals surface area contributed by atoms with E-state index in [-0.39, 0.29) is 23.1 Å². The average Bonchev–Trinajstić information content (AvgIpc) is 2.39. The van der Waals surface area contributed by atoms with Crippen molar-refractivity contribution < 1.29 is 14.8 Å². The van der Waals surface area contributed by atoms with Crippen molar-refractivity contribution in [1.29, 1.82) is 0 Å². The molecule has 0 saturated carbocycles. The summed E-state index contributed by atoms with van der Waals surface area (Å²) in [6.07, 6.45) is 0. The van der Waals surface area contributed by atoms with Gasteiger partial charge in [0.15, 0.2) is 0 Å². The number of rotatable bonds is 4. The lowest BCUT2D eigenvalue weighted by molar-refractivity contribution is -0.385. The average molecular weight is 280 g/mol. The van der Waals surface area contributed by atoms with Crippen molar-refractivity contribution in [3.63, 3.8) is 0 Å². The SMILES string of the molecule is O=[N+]([O-])c1c(Cl)cccc1Oc1ccc(CO)cc1. The van der Waals surface area contributed by atoms with Crippen LogP contribution in [0.15, 0.2) is 42.5 Å². The molecule has 0 aliphatic heterocycles. The van der Waals surface area contributed by atoms with Crippen LogP contribution in [0, 0.1) is 10.1 Å². The first-order valence-corrected chi connectivity index (χ1v) is 5.80. The Morgan fingerprint density at radius 1 is 1.21 bits per heavy atom. The van der Waals surface area contributed by atoms with Gasteiger partial charge in [-0.1, -0.05) is 29.8 Å². The Hall–Kier alpha value is -2.11. The first kappa shape index (κ1) is 13.3. The molecule has 0 unspecified atom stereocenters. The van der Waals surface area contributed by atoms with E-state index < -0.39 is 4.92 Å². The molecule has 1 N–H and O–H groups in total. The van der Waals surface area contributed by atoms with Gasteiger partial charge >= 0.3 is 5.69 Å². The number of para-hydroxylation sites is 1. The van der Waals surface area contributed by atoms with E-state index in [2.05, 4.69) is 0 Å². The lowest BCUT2D eigenvalue weighted by Crippen LogP contribution is -1.94. The van der Waals surface area contributed by atoms with Crippen LogP contribution in [0.4, 0.5) is 5.69 Å². The maximum Gasteiger partial charge on any atom is 0.329 e. The third-order valence-electron chi connectivity index (χ3n) is 2.47. The fourth-order valence-corrected chi connectivity index (χ4v) is 1.78. The molecule has 98 valence electrons. The lowest BCUT2D eigenvalue weighted by Gasteiger charge is -2.07. The molecule has 2 aromatic rings. The van der Waals surface area contributed by atoms with E-state index in [1.54, 1.807) is 30.3 Å². The van der Waals surface area contributed by atoms with E-state index >= 15 is 0 Å². The topological polar surface area (TPSA) is 72.6 Å². The number of nitro benzene ring substituents is 1. The third kappa shape index (κ3) is 3.01. The van der Waals surface area contributed by atoms with Gasteiger partial charge in [0, 0.05) is 0 Å². The molecule has 0 heterocycles. The van der Waals surface area contributed by atoms with Gasteiger partial charge in [0.05, 0.1) is 11.5 Å². The van der Waals surface area contributed by atoms with Crippen LogP contribution in [0.2, 0.25) is 5.02 Å². The number of hydrogen-bond acceptors (Lipinski definition) is 4. The maximum atomic E-state index is 10.9. The minimum atomic E-state index is -0.584. The number of hydrogen-bond donors (Lipinski definition) is 1. The Labute approximate surface area is 114 Å². The van der Waals surface area contributed by atoms with Gasteiger partial charge in [0.2, 0.25) is 5.75 Å². The molecule has 0 fully saturated rings. The van der Waals surface area contributed by atoms with E-state index in [4.69, 9.17) is 21.4 Å². The first-order chi connectivity index (χ1) is 9.11. The normalized spacial score (nSPS) is 10.2. The standard InChI is InChI=1S/C13H10ClNO4/c14-11-2-1-3-12(13(11)15(17)18)19-10-6-4-9(8-16)5-7-10/h1-7,16H,8H2. The summed E-state index contributed by atoms with van der Waals surface area (Å²) in [5, 5.41) is 19.9. The first-order valence-electron chi connectivity index (χ1n) is 5.42. The fraction of sp³-hybridized carbons (Fsp3) is 0.0769. The summed E-state index contributed by atoms with van der Waals surface area (Å²) in [6, 6.07) is 11.1. The predicted molar refractivity (Wildman–Crippen MR) is 70.5 cm³/mol. The zero-order valence-electron chi connectivity index (χ0n) is 9.75. The Morgan fingerprint density at radius 2 is 1.89 bits per heavy atom. The van der Waals surface area contributed by atoms with Gasteiger partial charge < -0.3 is 9.84 Å². The molecule has 0 atom stereocenters. The molecule has 0 bridgehead atoms. The van der Waals surface area contributed by atoms with Crippen LogP contribution in [0.5, 0.6) is 11.5 Å². The number of aliphatic hydroxyl groups is 1. The van der Waals surface area contributed by atoms with Gasteiger partial charge in [0.1, 0.15) is 10.8 Å². The van der Waals surface area contributed by atoms with Gasteiger partial charge in [-0.15, -0.1) is 0 Å². The van der Waals surface area contributed by atoms with E-state index in [1.165, 1.54) is 12.1 Å². The van der Waals surface area contributed by atoms with Crippen LogP contribution in [-0.2, 0) is 6.61 Å². The molecule has 6 heteroatoms. The quantitative estimate of drug-likeness (QED) is 0.686. The largest absolute Gasteiger partial charge is 0.450 e. The van der Waals surface area contributed by atoms with E-state index in [9.17, 15) is 10.1 Å². The summed E-state index contributed by atoms with van der Waals surface area (Å²) in [5.41, 5.74) is 0.461. The Kier molecular flexibility index (Phi) is 3.99. The Morgan fingerprint density at radius 3 is 2.47 bits per heavy atom. The molecule has 19 heavy (non-hydrogen) atoms. The van der Waals surface area contributed by atoms with Crippen molar-refractivity contribution in [1.82, 2.24) is 0 Å². The number of halogens is 1. The predicted octanol–water partition coefficient (Wildman–Crippen LogP) is 3.53. The molecule has 2 aromatic carbocycles. The summed E-state index contributed by atoms with van der Waals surface area (Å²) in [7, 11) is 0. The van der Waals surface area contributed by atoms with Crippen LogP contribution < -0.4 is 4.74 Å². The van der Waals surface area contributed by atoms with Gasteiger partial charge in [-0.2, -0.15) is 0 Å². The van der Waals surface area contributed by atoms with Crippen molar-refractivity contribution in [2.45, 2.75) is 6.61 Å². The van der Waals surface area contributed by atoms with Crippen molar-refractivity contribution in [2.75, 3.05) is 0 Å². The summed E-state index contributed by atoms with van der Waals surface area (Å²) in [6.45, 7) is -0.0718. The molecule has 0 aromatic heterocycles. The van der Waals surface area contributed by atoms with Gasteiger partial charge in [-0.25, -0.2) is 0 Å². The van der Waals surface area contributed by atoms with E-state index in [1.807, 2.05) is 0 Å². The zero-order chi connectivity index (χ0) is 13.8. The molecule has 0 amide bonds.